The first-order chi connectivity index (χ1) is 12.8. The number of hydrogen-bond acceptors (Lipinski definition) is 4. The topological polar surface area (TPSA) is 76.7 Å². The Morgan fingerprint density at radius 2 is 1.67 bits per heavy atom. The number of carbonyl (C=O) groups excluding carboxylic acids is 2. The van der Waals surface area contributed by atoms with Gasteiger partial charge in [0.2, 0.25) is 0 Å². The fraction of sp³-hybridized carbons (Fsp3) is 0.300. The Morgan fingerprint density at radius 1 is 1.00 bits per heavy atom. The normalized spacial score (nSPS) is 11.6. The first-order valence-corrected chi connectivity index (χ1v) is 9.31. The van der Waals surface area contributed by atoms with Gasteiger partial charge in [-0.15, -0.1) is 0 Å². The van der Waals surface area contributed by atoms with Gasteiger partial charge < -0.3 is 9.47 Å². The first kappa shape index (κ1) is 20.8. The fourth-order valence-electron chi connectivity index (χ4n) is 2.29. The van der Waals surface area contributed by atoms with Crippen molar-refractivity contribution in [2.24, 2.45) is 0 Å². The first-order valence-electron chi connectivity index (χ1n) is 8.52. The molecule has 0 spiro atoms. The second-order valence-corrected chi connectivity index (χ2v) is 7.13. The summed E-state index contributed by atoms with van der Waals surface area (Å²) in [6.45, 7) is 5.83. The summed E-state index contributed by atoms with van der Waals surface area (Å²) in [6, 6.07) is 12.5. The van der Waals surface area contributed by atoms with Gasteiger partial charge in [0.25, 0.3) is 11.8 Å². The van der Waals surface area contributed by atoms with Crippen LogP contribution >= 0.6 is 15.9 Å². The smallest absolute Gasteiger partial charge is 0.279 e. The average Bonchev–Trinajstić information content (AvgIpc) is 2.66. The molecule has 0 aliphatic heterocycles. The molecule has 2 N–H and O–H groups in total. The van der Waals surface area contributed by atoms with Gasteiger partial charge in [-0.25, -0.2) is 0 Å². The van der Waals surface area contributed by atoms with Gasteiger partial charge >= 0.3 is 0 Å². The van der Waals surface area contributed by atoms with Gasteiger partial charge in [0, 0.05) is 5.56 Å². The number of rotatable bonds is 6. The van der Waals surface area contributed by atoms with Gasteiger partial charge in [-0.1, -0.05) is 26.0 Å². The highest BCUT2D eigenvalue weighted by atomic mass is 79.9. The largest absolute Gasteiger partial charge is 0.496 e. The summed E-state index contributed by atoms with van der Waals surface area (Å²) >= 11 is 3.32. The minimum Gasteiger partial charge on any atom is -0.496 e. The van der Waals surface area contributed by atoms with Crippen LogP contribution in [-0.2, 0) is 4.79 Å². The van der Waals surface area contributed by atoms with E-state index in [0.717, 1.165) is 0 Å². The molecule has 7 heteroatoms. The van der Waals surface area contributed by atoms with E-state index in [0.29, 0.717) is 27.5 Å². The van der Waals surface area contributed by atoms with E-state index < -0.39 is 17.9 Å². The predicted molar refractivity (Wildman–Crippen MR) is 107 cm³/mol. The van der Waals surface area contributed by atoms with Crippen molar-refractivity contribution in [1.29, 1.82) is 0 Å². The zero-order valence-electron chi connectivity index (χ0n) is 15.7. The van der Waals surface area contributed by atoms with E-state index in [9.17, 15) is 9.59 Å². The van der Waals surface area contributed by atoms with E-state index in [4.69, 9.17) is 9.47 Å². The summed E-state index contributed by atoms with van der Waals surface area (Å²) in [4.78, 5) is 24.3. The standard InChI is InChI=1S/C20H23BrN2O4/c1-12(2)14-5-8-16(9-6-14)27-13(3)19(24)22-23-20(25)15-7-10-18(26-4)17(21)11-15/h5-13H,1-4H3,(H,22,24)(H,23,25). The van der Waals surface area contributed by atoms with Crippen molar-refractivity contribution in [1.82, 2.24) is 10.9 Å². The SMILES string of the molecule is COc1ccc(C(=O)NNC(=O)C(C)Oc2ccc(C(C)C)cc2)cc1Br. The molecule has 1 unspecified atom stereocenters. The molecule has 0 saturated heterocycles. The molecule has 2 rings (SSSR count). The van der Waals surface area contributed by atoms with Gasteiger partial charge in [-0.05, 0) is 64.7 Å². The number of hydrogen-bond donors (Lipinski definition) is 2. The van der Waals surface area contributed by atoms with Crippen LogP contribution in [0.15, 0.2) is 46.9 Å². The molecular formula is C20H23BrN2O4. The molecule has 0 radical (unpaired) electrons. The molecule has 0 heterocycles. The van der Waals surface area contributed by atoms with Crippen LogP contribution in [0.1, 0.15) is 42.6 Å². The molecule has 2 amide bonds. The molecule has 144 valence electrons. The maximum Gasteiger partial charge on any atom is 0.279 e. The van der Waals surface area contributed by atoms with Crippen molar-refractivity contribution in [3.8, 4) is 11.5 Å². The average molecular weight is 435 g/mol. The number of halogens is 1. The van der Waals surface area contributed by atoms with Gasteiger partial charge in [0.1, 0.15) is 11.5 Å². The summed E-state index contributed by atoms with van der Waals surface area (Å²) in [5.74, 6) is 0.727. The number of ether oxygens (including phenoxy) is 2. The van der Waals surface area contributed by atoms with Crippen molar-refractivity contribution >= 4 is 27.7 Å². The van der Waals surface area contributed by atoms with Gasteiger partial charge in [-0.3, -0.25) is 20.4 Å². The quantitative estimate of drug-likeness (QED) is 0.677. The second kappa shape index (κ2) is 9.41. The Labute approximate surface area is 167 Å². The minimum atomic E-state index is -0.766. The molecule has 0 saturated carbocycles. The van der Waals surface area contributed by atoms with Crippen molar-refractivity contribution in [3.63, 3.8) is 0 Å². The van der Waals surface area contributed by atoms with Crippen LogP contribution < -0.4 is 20.3 Å². The molecule has 1 atom stereocenters. The second-order valence-electron chi connectivity index (χ2n) is 6.28. The highest BCUT2D eigenvalue weighted by Gasteiger charge is 2.16. The molecule has 0 bridgehead atoms. The lowest BCUT2D eigenvalue weighted by Gasteiger charge is -2.16. The zero-order valence-corrected chi connectivity index (χ0v) is 17.3. The Morgan fingerprint density at radius 3 is 2.22 bits per heavy atom. The Bertz CT molecular complexity index is 806. The van der Waals surface area contributed by atoms with Crippen LogP contribution in [0.4, 0.5) is 0 Å². The van der Waals surface area contributed by atoms with E-state index in [-0.39, 0.29) is 0 Å². The summed E-state index contributed by atoms with van der Waals surface area (Å²) in [5.41, 5.74) is 6.31. The maximum atomic E-state index is 12.2. The molecule has 0 aliphatic carbocycles. The molecule has 0 aliphatic rings. The fourth-order valence-corrected chi connectivity index (χ4v) is 2.83. The van der Waals surface area contributed by atoms with Crippen LogP contribution in [-0.4, -0.2) is 25.0 Å². The summed E-state index contributed by atoms with van der Waals surface area (Å²) in [6.07, 6.45) is -0.766. The lowest BCUT2D eigenvalue weighted by atomic mass is 10.0. The van der Waals surface area contributed by atoms with Crippen LogP contribution in [0, 0.1) is 0 Å². The Balaban J connectivity index is 1.88. The molecular weight excluding hydrogens is 412 g/mol. The third-order valence-electron chi connectivity index (χ3n) is 3.94. The zero-order chi connectivity index (χ0) is 20.0. The summed E-state index contributed by atoms with van der Waals surface area (Å²) < 4.78 is 11.4. The van der Waals surface area contributed by atoms with Gasteiger partial charge in [0.15, 0.2) is 6.10 Å². The van der Waals surface area contributed by atoms with Crippen molar-refractivity contribution in [3.05, 3.63) is 58.1 Å². The highest BCUT2D eigenvalue weighted by Crippen LogP contribution is 2.25. The third-order valence-corrected chi connectivity index (χ3v) is 4.56. The lowest BCUT2D eigenvalue weighted by Crippen LogP contribution is -2.47. The van der Waals surface area contributed by atoms with Crippen LogP contribution in [0.5, 0.6) is 11.5 Å². The van der Waals surface area contributed by atoms with E-state index in [2.05, 4.69) is 40.6 Å². The van der Waals surface area contributed by atoms with Crippen molar-refractivity contribution < 1.29 is 19.1 Å². The molecule has 0 aromatic heterocycles. The lowest BCUT2D eigenvalue weighted by molar-refractivity contribution is -0.128. The van der Waals surface area contributed by atoms with Crippen molar-refractivity contribution in [2.45, 2.75) is 32.8 Å². The van der Waals surface area contributed by atoms with E-state index in [1.807, 2.05) is 24.3 Å². The number of nitrogens with one attached hydrogen (secondary N) is 2. The highest BCUT2D eigenvalue weighted by molar-refractivity contribution is 9.10. The Hall–Kier alpha value is -2.54. The Kier molecular flexibility index (Phi) is 7.24. The molecule has 27 heavy (non-hydrogen) atoms. The monoisotopic (exact) mass is 434 g/mol. The van der Waals surface area contributed by atoms with Crippen LogP contribution in [0.3, 0.4) is 0 Å². The number of methoxy groups -OCH3 is 1. The van der Waals surface area contributed by atoms with Gasteiger partial charge in [-0.2, -0.15) is 0 Å². The number of hydrazine groups is 1. The van der Waals surface area contributed by atoms with Crippen LogP contribution in [0.25, 0.3) is 0 Å². The molecule has 0 fully saturated rings. The molecule has 2 aromatic rings. The summed E-state index contributed by atoms with van der Waals surface area (Å²) in [7, 11) is 1.54. The number of benzene rings is 2. The molecule has 6 nitrogen and oxygen atoms in total. The molecule has 2 aromatic carbocycles. The maximum absolute atomic E-state index is 12.2. The third kappa shape index (κ3) is 5.72. The van der Waals surface area contributed by atoms with Crippen molar-refractivity contribution in [2.75, 3.05) is 7.11 Å². The van der Waals surface area contributed by atoms with E-state index in [1.54, 1.807) is 25.1 Å². The summed E-state index contributed by atoms with van der Waals surface area (Å²) in [5, 5.41) is 0. The minimum absolute atomic E-state index is 0.376. The number of amides is 2. The number of carbonyl (C=O) groups is 2. The van der Waals surface area contributed by atoms with Crippen LogP contribution in [0.2, 0.25) is 0 Å². The van der Waals surface area contributed by atoms with E-state index in [1.165, 1.54) is 12.7 Å². The van der Waals surface area contributed by atoms with E-state index >= 15 is 0 Å². The predicted octanol–water partition coefficient (Wildman–Crippen LogP) is 3.81. The van der Waals surface area contributed by atoms with Gasteiger partial charge in [0.05, 0.1) is 11.6 Å².